The first-order chi connectivity index (χ1) is 11.7. The minimum Gasteiger partial charge on any atom is -0.399 e. The van der Waals surface area contributed by atoms with Gasteiger partial charge in [-0.25, -0.2) is 16.8 Å². The van der Waals surface area contributed by atoms with Gasteiger partial charge < -0.3 is 5.73 Å². The normalized spacial score (nSPS) is 11.0. The fourth-order valence-corrected chi connectivity index (χ4v) is 5.71. The molecule has 0 saturated carbocycles. The zero-order valence-corrected chi connectivity index (χ0v) is 18.3. The van der Waals surface area contributed by atoms with Crippen molar-refractivity contribution in [2.75, 3.05) is 18.2 Å². The summed E-state index contributed by atoms with van der Waals surface area (Å²) in [5, 5.41) is 10.3. The predicted molar refractivity (Wildman–Crippen MR) is 112 cm³/mol. The van der Waals surface area contributed by atoms with Gasteiger partial charge in [0.15, 0.2) is 19.7 Å². The average molecular weight is 546 g/mol. The summed E-state index contributed by atoms with van der Waals surface area (Å²) < 4.78 is 45.2. The highest BCUT2D eigenvalue weighted by atomic mass is 79.9. The Labute approximate surface area is 175 Å². The van der Waals surface area contributed by atoms with Crippen LogP contribution in [-0.2, 0) is 19.7 Å². The standard InChI is InChI=1S/C7H6BrNO4S.C7H8BrNO2S.CH4/c1-14(12,13)7-3-2-5(9(10)11)4-6(7)8;1-12(10,11)7-3-2-5(9)4-6(7)8;/h2-4H,1H3;2-4H,9H2,1H3;1H4. The number of nitro groups is 1. The number of nitrogen functional groups attached to an aromatic ring is 1. The Kier molecular flexibility index (Phi) is 9.09. The maximum Gasteiger partial charge on any atom is 0.270 e. The van der Waals surface area contributed by atoms with Crippen LogP contribution in [0.4, 0.5) is 11.4 Å². The maximum absolute atomic E-state index is 11.1. The Bertz CT molecular complexity index is 1050. The highest BCUT2D eigenvalue weighted by Gasteiger charge is 2.15. The molecular formula is C15H18Br2N2O6S2. The second kappa shape index (κ2) is 9.62. The molecule has 0 radical (unpaired) electrons. The quantitative estimate of drug-likeness (QED) is 0.351. The van der Waals surface area contributed by atoms with Crippen LogP contribution in [0.2, 0.25) is 0 Å². The van der Waals surface area contributed by atoms with E-state index < -0.39 is 24.6 Å². The van der Waals surface area contributed by atoms with Crippen molar-refractivity contribution in [1.82, 2.24) is 0 Å². The number of hydrogen-bond acceptors (Lipinski definition) is 7. The largest absolute Gasteiger partial charge is 0.399 e. The van der Waals surface area contributed by atoms with Crippen LogP contribution in [0.15, 0.2) is 55.1 Å². The molecule has 0 atom stereocenters. The molecule has 0 saturated heterocycles. The van der Waals surface area contributed by atoms with Crippen molar-refractivity contribution in [2.24, 2.45) is 0 Å². The van der Waals surface area contributed by atoms with Crippen molar-refractivity contribution < 1.29 is 21.8 Å². The molecule has 0 fully saturated rings. The lowest BCUT2D eigenvalue weighted by Gasteiger charge is -2.01. The van der Waals surface area contributed by atoms with Crippen LogP contribution < -0.4 is 5.73 Å². The first-order valence-corrected chi connectivity index (χ1v) is 12.0. The molecule has 2 rings (SSSR count). The SMILES string of the molecule is C.CS(=O)(=O)c1ccc(N)cc1Br.CS(=O)(=O)c1ccc([N+](=O)[O-])cc1Br. The van der Waals surface area contributed by atoms with E-state index in [1.165, 1.54) is 12.1 Å². The van der Waals surface area contributed by atoms with E-state index in [0.717, 1.165) is 24.6 Å². The lowest BCUT2D eigenvalue weighted by molar-refractivity contribution is -0.385. The number of nitrogens with zero attached hydrogens (tertiary/aromatic N) is 1. The molecule has 12 heteroatoms. The Morgan fingerprint density at radius 1 is 0.889 bits per heavy atom. The van der Waals surface area contributed by atoms with Gasteiger partial charge in [-0.1, -0.05) is 7.43 Å². The molecule has 0 aliphatic carbocycles. The summed E-state index contributed by atoms with van der Waals surface area (Å²) in [6.45, 7) is 0. The van der Waals surface area contributed by atoms with E-state index in [1.54, 1.807) is 12.1 Å². The first kappa shape index (κ1) is 25.5. The number of rotatable bonds is 3. The summed E-state index contributed by atoms with van der Waals surface area (Å²) in [4.78, 5) is 10.1. The Morgan fingerprint density at radius 3 is 1.63 bits per heavy atom. The van der Waals surface area contributed by atoms with Crippen LogP contribution in [-0.4, -0.2) is 34.3 Å². The molecule has 0 unspecified atom stereocenters. The summed E-state index contributed by atoms with van der Waals surface area (Å²) in [5.41, 5.74) is 5.83. The van der Waals surface area contributed by atoms with Crippen molar-refractivity contribution >= 4 is 62.9 Å². The third-order valence-electron chi connectivity index (χ3n) is 2.88. The van der Waals surface area contributed by atoms with Crippen LogP contribution in [0.3, 0.4) is 0 Å². The molecular weight excluding hydrogens is 528 g/mol. The lowest BCUT2D eigenvalue weighted by atomic mass is 10.3. The summed E-state index contributed by atoms with van der Waals surface area (Å²) >= 11 is 6.09. The summed E-state index contributed by atoms with van der Waals surface area (Å²) in [6.07, 6.45) is 2.20. The van der Waals surface area contributed by atoms with E-state index in [2.05, 4.69) is 31.9 Å². The van der Waals surface area contributed by atoms with Crippen molar-refractivity contribution in [3.8, 4) is 0 Å². The number of nitro benzene ring substituents is 1. The van der Waals surface area contributed by atoms with Crippen LogP contribution in [0.5, 0.6) is 0 Å². The molecule has 2 aromatic rings. The van der Waals surface area contributed by atoms with E-state index in [-0.39, 0.29) is 27.4 Å². The zero-order valence-electron chi connectivity index (χ0n) is 13.5. The monoisotopic (exact) mass is 544 g/mol. The van der Waals surface area contributed by atoms with Gasteiger partial charge in [0.05, 0.1) is 14.7 Å². The smallest absolute Gasteiger partial charge is 0.270 e. The number of benzene rings is 2. The van der Waals surface area contributed by atoms with Gasteiger partial charge in [-0.15, -0.1) is 0 Å². The highest BCUT2D eigenvalue weighted by Crippen LogP contribution is 2.26. The van der Waals surface area contributed by atoms with E-state index in [9.17, 15) is 26.9 Å². The van der Waals surface area contributed by atoms with Crippen LogP contribution in [0.25, 0.3) is 0 Å². The molecule has 0 bridgehead atoms. The lowest BCUT2D eigenvalue weighted by Crippen LogP contribution is -1.99. The maximum atomic E-state index is 11.1. The number of nitrogens with two attached hydrogens (primary N) is 1. The molecule has 0 amide bonds. The second-order valence-corrected chi connectivity index (χ2v) is 10.8. The fourth-order valence-electron chi connectivity index (χ4n) is 1.72. The van der Waals surface area contributed by atoms with Gasteiger partial charge in [-0.05, 0) is 56.1 Å². The number of halogens is 2. The molecule has 0 spiro atoms. The molecule has 8 nitrogen and oxygen atoms in total. The van der Waals surface area contributed by atoms with Gasteiger partial charge in [-0.3, -0.25) is 10.1 Å². The van der Waals surface area contributed by atoms with Gasteiger partial charge in [0.2, 0.25) is 0 Å². The topological polar surface area (TPSA) is 137 Å². The average Bonchev–Trinajstić information content (AvgIpc) is 2.44. The van der Waals surface area contributed by atoms with Crippen LogP contribution in [0.1, 0.15) is 7.43 Å². The van der Waals surface area contributed by atoms with Gasteiger partial charge in [0.25, 0.3) is 5.69 Å². The number of hydrogen-bond donors (Lipinski definition) is 1. The van der Waals surface area contributed by atoms with Crippen LogP contribution >= 0.6 is 31.9 Å². The molecule has 27 heavy (non-hydrogen) atoms. The number of anilines is 1. The van der Waals surface area contributed by atoms with E-state index >= 15 is 0 Å². The summed E-state index contributed by atoms with van der Waals surface area (Å²) in [6, 6.07) is 8.13. The Morgan fingerprint density at radius 2 is 1.30 bits per heavy atom. The van der Waals surface area contributed by atoms with Crippen molar-refractivity contribution in [1.29, 1.82) is 0 Å². The summed E-state index contributed by atoms with van der Waals surface area (Å²) in [5.74, 6) is 0. The second-order valence-electron chi connectivity index (χ2n) is 5.11. The minimum atomic E-state index is -3.35. The predicted octanol–water partition coefficient (Wildman–Crippen LogP) is 3.83. The molecule has 150 valence electrons. The Hall–Kier alpha value is -1.50. The fraction of sp³-hybridized carbons (Fsp3) is 0.200. The molecule has 0 aliphatic rings. The molecule has 0 aliphatic heterocycles. The third-order valence-corrected chi connectivity index (χ3v) is 7.03. The van der Waals surface area contributed by atoms with Crippen molar-refractivity contribution in [2.45, 2.75) is 17.2 Å². The van der Waals surface area contributed by atoms with E-state index in [4.69, 9.17) is 5.73 Å². The van der Waals surface area contributed by atoms with Gasteiger partial charge in [0, 0.05) is 39.3 Å². The summed E-state index contributed by atoms with van der Waals surface area (Å²) in [7, 11) is -6.50. The highest BCUT2D eigenvalue weighted by molar-refractivity contribution is 9.10. The van der Waals surface area contributed by atoms with E-state index in [1.807, 2.05) is 0 Å². The molecule has 2 aromatic carbocycles. The zero-order chi connectivity index (χ0) is 20.3. The third kappa shape index (κ3) is 7.56. The molecule has 2 N–H and O–H groups in total. The minimum absolute atomic E-state index is 0. The molecule has 0 heterocycles. The van der Waals surface area contributed by atoms with Crippen LogP contribution in [0, 0.1) is 10.1 Å². The number of non-ortho nitro benzene ring substituents is 1. The van der Waals surface area contributed by atoms with Crippen molar-refractivity contribution in [3.63, 3.8) is 0 Å². The molecule has 0 aromatic heterocycles. The van der Waals surface area contributed by atoms with Gasteiger partial charge in [-0.2, -0.15) is 0 Å². The first-order valence-electron chi connectivity index (χ1n) is 6.62. The van der Waals surface area contributed by atoms with Gasteiger partial charge in [0.1, 0.15) is 0 Å². The van der Waals surface area contributed by atoms with Crippen molar-refractivity contribution in [3.05, 3.63) is 55.5 Å². The van der Waals surface area contributed by atoms with E-state index in [0.29, 0.717) is 10.2 Å². The number of sulfone groups is 2. The Balaban J connectivity index is 0.000000488. The van der Waals surface area contributed by atoms with Gasteiger partial charge >= 0.3 is 0 Å².